The molecule has 0 atom stereocenters. The number of amides is 1. The van der Waals surface area contributed by atoms with Crippen molar-refractivity contribution in [1.82, 2.24) is 5.43 Å². The summed E-state index contributed by atoms with van der Waals surface area (Å²) in [5.74, 6) is 0.781. The first-order valence-corrected chi connectivity index (χ1v) is 11.6. The summed E-state index contributed by atoms with van der Waals surface area (Å²) in [4.78, 5) is 12.9. The standard InChI is InChI=1S/C23H17ClIN3O2S/c24-19-6-8-20(9-7-19)31-15-23(29)28-27-13-16-5-10-22(21(25)11-16)30-14-18-4-2-1-3-17(18)12-26/h1-11,13H,14-15H2,(H,28,29)/b27-13-. The minimum absolute atomic E-state index is 0.193. The van der Waals surface area contributed by atoms with E-state index in [-0.39, 0.29) is 11.7 Å². The van der Waals surface area contributed by atoms with Crippen LogP contribution >= 0.6 is 46.0 Å². The third kappa shape index (κ3) is 7.28. The second-order valence-corrected chi connectivity index (χ2v) is 8.93. The number of thioether (sulfide) groups is 1. The Morgan fingerprint density at radius 1 is 1.19 bits per heavy atom. The first-order chi connectivity index (χ1) is 15.0. The van der Waals surface area contributed by atoms with E-state index in [1.54, 1.807) is 24.4 Å². The zero-order valence-corrected chi connectivity index (χ0v) is 19.9. The largest absolute Gasteiger partial charge is 0.488 e. The Morgan fingerprint density at radius 2 is 1.97 bits per heavy atom. The van der Waals surface area contributed by atoms with Gasteiger partial charge in [-0.2, -0.15) is 10.4 Å². The van der Waals surface area contributed by atoms with Gasteiger partial charge in [-0.3, -0.25) is 4.79 Å². The van der Waals surface area contributed by atoms with Crippen LogP contribution in [0.5, 0.6) is 5.75 Å². The number of ether oxygens (including phenoxy) is 1. The van der Waals surface area contributed by atoms with E-state index < -0.39 is 0 Å². The summed E-state index contributed by atoms with van der Waals surface area (Å²) in [5.41, 5.74) is 4.80. The van der Waals surface area contributed by atoms with Crippen LogP contribution in [0.2, 0.25) is 5.02 Å². The van der Waals surface area contributed by atoms with Gasteiger partial charge in [-0.1, -0.05) is 29.8 Å². The molecule has 8 heteroatoms. The van der Waals surface area contributed by atoms with Crippen LogP contribution < -0.4 is 10.2 Å². The number of hydrogen-bond acceptors (Lipinski definition) is 5. The molecule has 0 aliphatic carbocycles. The molecular formula is C23H17ClIN3O2S. The first-order valence-electron chi connectivity index (χ1n) is 9.16. The van der Waals surface area contributed by atoms with Crippen molar-refractivity contribution in [2.45, 2.75) is 11.5 Å². The molecule has 1 N–H and O–H groups in total. The Morgan fingerprint density at radius 3 is 2.71 bits per heavy atom. The minimum Gasteiger partial charge on any atom is -0.488 e. The molecule has 0 saturated carbocycles. The predicted octanol–water partition coefficient (Wildman–Crippen LogP) is 5.64. The summed E-state index contributed by atoms with van der Waals surface area (Å²) in [5, 5.41) is 13.9. The highest BCUT2D eigenvalue weighted by Gasteiger charge is 2.06. The van der Waals surface area contributed by atoms with Crippen molar-refractivity contribution in [3.8, 4) is 11.8 Å². The lowest BCUT2D eigenvalue weighted by molar-refractivity contribution is -0.118. The van der Waals surface area contributed by atoms with Gasteiger partial charge >= 0.3 is 0 Å². The maximum atomic E-state index is 12.0. The number of nitrogens with zero attached hydrogens (tertiary/aromatic N) is 2. The lowest BCUT2D eigenvalue weighted by atomic mass is 10.1. The molecule has 0 spiro atoms. The van der Waals surface area contributed by atoms with E-state index in [9.17, 15) is 10.1 Å². The summed E-state index contributed by atoms with van der Waals surface area (Å²) >= 11 is 9.45. The summed E-state index contributed by atoms with van der Waals surface area (Å²) in [7, 11) is 0. The van der Waals surface area contributed by atoms with Crippen molar-refractivity contribution in [1.29, 1.82) is 5.26 Å². The number of rotatable bonds is 8. The second-order valence-electron chi connectivity index (χ2n) is 6.28. The molecule has 3 rings (SSSR count). The molecule has 3 aromatic carbocycles. The van der Waals surface area contributed by atoms with Gasteiger partial charge in [0.25, 0.3) is 0 Å². The van der Waals surface area contributed by atoms with Gasteiger partial charge in [0.1, 0.15) is 12.4 Å². The zero-order valence-electron chi connectivity index (χ0n) is 16.2. The average Bonchev–Trinajstić information content (AvgIpc) is 2.78. The zero-order chi connectivity index (χ0) is 22.1. The molecule has 5 nitrogen and oxygen atoms in total. The molecule has 31 heavy (non-hydrogen) atoms. The molecule has 0 radical (unpaired) electrons. The topological polar surface area (TPSA) is 74.5 Å². The first kappa shape index (κ1) is 23.1. The third-order valence-electron chi connectivity index (χ3n) is 4.06. The lowest BCUT2D eigenvalue weighted by Gasteiger charge is -2.10. The van der Waals surface area contributed by atoms with Crippen LogP contribution in [0.1, 0.15) is 16.7 Å². The van der Waals surface area contributed by atoms with Crippen LogP contribution in [0.15, 0.2) is 76.7 Å². The molecular weight excluding hydrogens is 545 g/mol. The molecule has 3 aromatic rings. The second kappa shape index (κ2) is 11.7. The van der Waals surface area contributed by atoms with Gasteiger partial charge < -0.3 is 4.74 Å². The van der Waals surface area contributed by atoms with Crippen molar-refractivity contribution >= 4 is 58.1 Å². The van der Waals surface area contributed by atoms with Crippen molar-refractivity contribution < 1.29 is 9.53 Å². The Bertz CT molecular complexity index is 1130. The summed E-state index contributed by atoms with van der Waals surface area (Å²) in [6, 6.07) is 22.4. The number of halogens is 2. The fourth-order valence-corrected chi connectivity index (χ4v) is 4.03. The number of carbonyl (C=O) groups is 1. The van der Waals surface area contributed by atoms with E-state index >= 15 is 0 Å². The Labute approximate surface area is 203 Å². The fourth-order valence-electron chi connectivity index (χ4n) is 2.52. The number of hydrogen-bond donors (Lipinski definition) is 1. The van der Waals surface area contributed by atoms with Crippen molar-refractivity contribution in [3.05, 3.63) is 92.0 Å². The monoisotopic (exact) mass is 561 g/mol. The summed E-state index contributed by atoms with van der Waals surface area (Å²) in [6.07, 6.45) is 1.59. The van der Waals surface area contributed by atoms with Crippen molar-refractivity contribution in [2.75, 3.05) is 5.75 Å². The molecule has 0 aliphatic heterocycles. The van der Waals surface area contributed by atoms with Crippen LogP contribution in [-0.2, 0) is 11.4 Å². The minimum atomic E-state index is -0.193. The Hall–Kier alpha value is -2.54. The number of hydrazone groups is 1. The maximum Gasteiger partial charge on any atom is 0.250 e. The molecule has 156 valence electrons. The molecule has 0 bridgehead atoms. The third-order valence-corrected chi connectivity index (χ3v) is 6.17. The SMILES string of the molecule is N#Cc1ccccc1COc1ccc(/C=N\NC(=O)CSc2ccc(Cl)cc2)cc1I. The summed E-state index contributed by atoms with van der Waals surface area (Å²) in [6.45, 7) is 0.314. The van der Waals surface area contributed by atoms with Gasteiger partial charge in [0, 0.05) is 15.5 Å². The van der Waals surface area contributed by atoms with E-state index in [0.29, 0.717) is 22.9 Å². The van der Waals surface area contributed by atoms with Gasteiger partial charge in [0.15, 0.2) is 0 Å². The van der Waals surface area contributed by atoms with E-state index in [2.05, 4.69) is 39.2 Å². The van der Waals surface area contributed by atoms with E-state index in [1.807, 2.05) is 48.5 Å². The van der Waals surface area contributed by atoms with Crippen molar-refractivity contribution in [2.24, 2.45) is 5.10 Å². The van der Waals surface area contributed by atoms with Gasteiger partial charge in [-0.05, 0) is 76.7 Å². The molecule has 0 fully saturated rings. The average molecular weight is 562 g/mol. The number of nitrogens with one attached hydrogen (secondary N) is 1. The Kier molecular flexibility index (Phi) is 8.76. The highest BCUT2D eigenvalue weighted by molar-refractivity contribution is 14.1. The van der Waals surface area contributed by atoms with Crippen LogP contribution in [0.3, 0.4) is 0 Å². The molecule has 0 saturated heterocycles. The van der Waals surface area contributed by atoms with Crippen LogP contribution in [0.4, 0.5) is 0 Å². The van der Waals surface area contributed by atoms with Gasteiger partial charge in [-0.25, -0.2) is 5.43 Å². The maximum absolute atomic E-state index is 12.0. The van der Waals surface area contributed by atoms with E-state index in [4.69, 9.17) is 16.3 Å². The van der Waals surface area contributed by atoms with Crippen LogP contribution in [-0.4, -0.2) is 17.9 Å². The predicted molar refractivity (Wildman–Crippen MR) is 133 cm³/mol. The molecule has 0 aromatic heterocycles. The van der Waals surface area contributed by atoms with Crippen molar-refractivity contribution in [3.63, 3.8) is 0 Å². The van der Waals surface area contributed by atoms with Crippen LogP contribution in [0, 0.1) is 14.9 Å². The molecule has 1 amide bonds. The highest BCUT2D eigenvalue weighted by atomic mass is 127. The van der Waals surface area contributed by atoms with Crippen LogP contribution in [0.25, 0.3) is 0 Å². The van der Waals surface area contributed by atoms with Gasteiger partial charge in [-0.15, -0.1) is 11.8 Å². The quantitative estimate of drug-likeness (QED) is 0.167. The number of benzene rings is 3. The smallest absolute Gasteiger partial charge is 0.250 e. The van der Waals surface area contributed by atoms with Gasteiger partial charge in [0.2, 0.25) is 5.91 Å². The van der Waals surface area contributed by atoms with E-state index in [0.717, 1.165) is 19.6 Å². The molecule has 0 unspecified atom stereocenters. The summed E-state index contributed by atoms with van der Waals surface area (Å²) < 4.78 is 6.76. The van der Waals surface area contributed by atoms with Gasteiger partial charge in [0.05, 0.1) is 27.2 Å². The number of nitriles is 1. The van der Waals surface area contributed by atoms with E-state index in [1.165, 1.54) is 11.8 Å². The lowest BCUT2D eigenvalue weighted by Crippen LogP contribution is -2.19. The normalized spacial score (nSPS) is 10.6. The molecule has 0 heterocycles. The number of carbonyl (C=O) groups excluding carboxylic acids is 1. The fraction of sp³-hybridized carbons (Fsp3) is 0.0870. The highest BCUT2D eigenvalue weighted by Crippen LogP contribution is 2.23. The molecule has 0 aliphatic rings. The Balaban J connectivity index is 1.50.